The third kappa shape index (κ3) is 2.43. The minimum absolute atomic E-state index is 0.0259. The number of ketones is 1. The first kappa shape index (κ1) is 22.0. The summed E-state index contributed by atoms with van der Waals surface area (Å²) in [5.41, 5.74) is -2.22. The smallest absolute Gasteiger partial charge is 0.339 e. The summed E-state index contributed by atoms with van der Waals surface area (Å²) in [5.74, 6) is -0.644. The molecule has 188 valence electrons. The zero-order valence-electron chi connectivity index (χ0n) is 20.6. The van der Waals surface area contributed by atoms with Gasteiger partial charge >= 0.3 is 11.9 Å². The fourth-order valence-corrected chi connectivity index (χ4v) is 9.28. The molecule has 6 fully saturated rings. The maximum Gasteiger partial charge on any atom is 0.339 e. The topological polar surface area (TPSA) is 105 Å². The molecule has 1 aromatic rings. The lowest BCUT2D eigenvalue weighted by molar-refractivity contribution is -0.194. The number of hydrogen-bond acceptors (Lipinski definition) is 8. The molecule has 0 radical (unpaired) electrons. The molecular formula is C27H32O8. The number of carbonyl (C=O) groups is 3. The van der Waals surface area contributed by atoms with Gasteiger partial charge in [0.2, 0.25) is 0 Å². The van der Waals surface area contributed by atoms with E-state index in [0.717, 1.165) is 18.4 Å². The number of Topliss-reactive ketones (excluding diaryl/α,β-unsaturated/α-hetero) is 1. The van der Waals surface area contributed by atoms with Crippen LogP contribution in [0.1, 0.15) is 65.0 Å². The molecule has 6 unspecified atom stereocenters. The Hall–Kier alpha value is -2.19. The van der Waals surface area contributed by atoms with Gasteiger partial charge in [0, 0.05) is 23.3 Å². The van der Waals surface area contributed by atoms with E-state index in [-0.39, 0.29) is 54.6 Å². The molecule has 1 spiro atoms. The van der Waals surface area contributed by atoms with Crippen molar-refractivity contribution >= 4 is 17.7 Å². The summed E-state index contributed by atoms with van der Waals surface area (Å²) in [4.78, 5) is 40.1. The third-order valence-corrected chi connectivity index (χ3v) is 10.9. The molecule has 4 aliphatic heterocycles. The minimum Gasteiger partial charge on any atom is -0.472 e. The predicted molar refractivity (Wildman–Crippen MR) is 119 cm³/mol. The van der Waals surface area contributed by atoms with Gasteiger partial charge in [-0.15, -0.1) is 0 Å². The minimum atomic E-state index is -0.966. The van der Waals surface area contributed by atoms with Crippen LogP contribution in [0.25, 0.3) is 0 Å². The van der Waals surface area contributed by atoms with Gasteiger partial charge in [0.05, 0.1) is 42.7 Å². The lowest BCUT2D eigenvalue weighted by Gasteiger charge is -2.58. The molecule has 0 bridgehead atoms. The predicted octanol–water partition coefficient (Wildman–Crippen LogP) is 3.38. The molecule has 35 heavy (non-hydrogen) atoms. The molecule has 0 aromatic carbocycles. The second-order valence-corrected chi connectivity index (χ2v) is 12.5. The van der Waals surface area contributed by atoms with Gasteiger partial charge in [0.1, 0.15) is 17.5 Å². The van der Waals surface area contributed by atoms with Gasteiger partial charge in [0.15, 0.2) is 6.10 Å². The SMILES string of the molecule is CC1(C)O[C@H]2CC(=O)OCC3C2C1CC(=O)[C@]1(C)C3CCC2(C)C(c3ccoc3)OC(=O)[C@H]3O[C@]321. The van der Waals surface area contributed by atoms with Gasteiger partial charge in [-0.25, -0.2) is 4.79 Å². The Balaban J connectivity index is 1.39. The van der Waals surface area contributed by atoms with Crippen molar-refractivity contribution in [3.8, 4) is 0 Å². The van der Waals surface area contributed by atoms with Crippen molar-refractivity contribution in [2.75, 3.05) is 6.61 Å². The summed E-state index contributed by atoms with van der Waals surface area (Å²) in [6.07, 6.45) is 3.63. The Morgan fingerprint density at radius 1 is 0.971 bits per heavy atom. The number of furan rings is 1. The van der Waals surface area contributed by atoms with Crippen LogP contribution in [0, 0.1) is 34.5 Å². The highest BCUT2D eigenvalue weighted by atomic mass is 16.7. The Kier molecular flexibility index (Phi) is 4.14. The van der Waals surface area contributed by atoms with Gasteiger partial charge < -0.3 is 23.4 Å². The molecule has 4 saturated heterocycles. The molecule has 8 nitrogen and oxygen atoms in total. The van der Waals surface area contributed by atoms with E-state index in [1.165, 1.54) is 0 Å². The number of rotatable bonds is 1. The Bertz CT molecular complexity index is 1120. The summed E-state index contributed by atoms with van der Waals surface area (Å²) in [5, 5.41) is 0. The maximum atomic E-state index is 14.5. The molecule has 2 saturated carbocycles. The average molecular weight is 485 g/mol. The van der Waals surface area contributed by atoms with Crippen molar-refractivity contribution in [3.63, 3.8) is 0 Å². The van der Waals surface area contributed by atoms with Crippen LogP contribution >= 0.6 is 0 Å². The van der Waals surface area contributed by atoms with Crippen LogP contribution in [0.2, 0.25) is 0 Å². The zero-order chi connectivity index (χ0) is 24.5. The van der Waals surface area contributed by atoms with Crippen molar-refractivity contribution in [1.82, 2.24) is 0 Å². The number of ether oxygens (including phenoxy) is 4. The third-order valence-electron chi connectivity index (χ3n) is 10.9. The van der Waals surface area contributed by atoms with Crippen LogP contribution in [0.5, 0.6) is 0 Å². The quantitative estimate of drug-likeness (QED) is 0.441. The largest absolute Gasteiger partial charge is 0.472 e. The van der Waals surface area contributed by atoms with E-state index < -0.39 is 40.2 Å². The number of esters is 2. The van der Waals surface area contributed by atoms with Crippen LogP contribution in [0.4, 0.5) is 0 Å². The first-order valence-corrected chi connectivity index (χ1v) is 12.8. The van der Waals surface area contributed by atoms with E-state index in [1.807, 2.05) is 26.8 Å². The summed E-state index contributed by atoms with van der Waals surface area (Å²) in [6.45, 7) is 8.45. The van der Waals surface area contributed by atoms with Gasteiger partial charge in [0.25, 0.3) is 0 Å². The van der Waals surface area contributed by atoms with Crippen LogP contribution in [0.3, 0.4) is 0 Å². The van der Waals surface area contributed by atoms with E-state index >= 15 is 0 Å². The van der Waals surface area contributed by atoms with E-state index in [4.69, 9.17) is 23.4 Å². The monoisotopic (exact) mass is 484 g/mol. The molecule has 6 aliphatic rings. The molecule has 8 heteroatoms. The Morgan fingerprint density at radius 3 is 2.51 bits per heavy atom. The second-order valence-electron chi connectivity index (χ2n) is 12.5. The molecule has 0 amide bonds. The highest BCUT2D eigenvalue weighted by Crippen LogP contribution is 2.76. The van der Waals surface area contributed by atoms with Crippen LogP contribution in [-0.2, 0) is 33.3 Å². The van der Waals surface area contributed by atoms with Crippen molar-refractivity contribution in [1.29, 1.82) is 0 Å². The van der Waals surface area contributed by atoms with Gasteiger partial charge in [-0.2, -0.15) is 0 Å². The van der Waals surface area contributed by atoms with Crippen LogP contribution in [0.15, 0.2) is 23.0 Å². The van der Waals surface area contributed by atoms with Crippen LogP contribution < -0.4 is 0 Å². The van der Waals surface area contributed by atoms with Crippen molar-refractivity contribution in [2.45, 2.75) is 82.9 Å². The number of carbonyl (C=O) groups excluding carboxylic acids is 3. The Labute approximate surface area is 204 Å². The van der Waals surface area contributed by atoms with Gasteiger partial charge in [-0.3, -0.25) is 9.59 Å². The highest BCUT2D eigenvalue weighted by molar-refractivity contribution is 5.92. The van der Waals surface area contributed by atoms with E-state index in [1.54, 1.807) is 12.5 Å². The van der Waals surface area contributed by atoms with Crippen LogP contribution in [-0.4, -0.2) is 47.7 Å². The Morgan fingerprint density at radius 2 is 1.77 bits per heavy atom. The first-order valence-electron chi connectivity index (χ1n) is 12.8. The van der Waals surface area contributed by atoms with E-state index in [2.05, 4.69) is 6.92 Å². The average Bonchev–Trinajstić information content (AvgIpc) is 3.35. The molecule has 10 atom stereocenters. The van der Waals surface area contributed by atoms with E-state index in [9.17, 15) is 14.4 Å². The number of hydrogen-bond donors (Lipinski definition) is 0. The molecule has 1 aromatic heterocycles. The summed E-state index contributed by atoms with van der Waals surface area (Å²) >= 11 is 0. The molecule has 5 heterocycles. The van der Waals surface area contributed by atoms with Gasteiger partial charge in [-0.05, 0) is 57.4 Å². The number of fused-ring (bicyclic) bond motifs is 2. The summed E-state index contributed by atoms with van der Waals surface area (Å²) in [6, 6.07) is 1.82. The summed E-state index contributed by atoms with van der Waals surface area (Å²) in [7, 11) is 0. The standard InChI is InChI=1S/C27H32O8/c1-24(2)16-9-18(28)26(4)15(14-12-32-19(29)10-17(34-24)20(14)16)5-7-25(3)21(13-6-8-31-11-13)33-23(30)22-27(25,26)35-22/h6,8,11,14-17,20-22H,5,7,9-10,12H2,1-4H3/t14?,15?,16?,17-,20?,21?,22+,25?,26-,27+/m0/s1. The van der Waals surface area contributed by atoms with Crippen molar-refractivity contribution in [2.24, 2.45) is 34.5 Å². The first-order chi connectivity index (χ1) is 16.5. The highest BCUT2D eigenvalue weighted by Gasteiger charge is 2.87. The summed E-state index contributed by atoms with van der Waals surface area (Å²) < 4.78 is 29.8. The molecular weight excluding hydrogens is 452 g/mol. The number of epoxide rings is 1. The van der Waals surface area contributed by atoms with Gasteiger partial charge in [-0.1, -0.05) is 6.92 Å². The molecule has 7 rings (SSSR count). The lowest BCUT2D eigenvalue weighted by atomic mass is 9.44. The molecule has 2 aliphatic carbocycles. The van der Waals surface area contributed by atoms with Crippen molar-refractivity contribution < 1.29 is 37.7 Å². The zero-order valence-corrected chi connectivity index (χ0v) is 20.6. The second kappa shape index (κ2) is 6.57. The van der Waals surface area contributed by atoms with E-state index in [0.29, 0.717) is 6.42 Å². The normalized spacial score (nSPS) is 51.5. The van der Waals surface area contributed by atoms with Crippen molar-refractivity contribution in [3.05, 3.63) is 24.2 Å². The fraction of sp³-hybridized carbons (Fsp3) is 0.741. The number of cyclic esters (lactones) is 2. The lowest BCUT2D eigenvalue weighted by Crippen LogP contribution is -2.66. The molecule has 0 N–H and O–H groups in total. The maximum absolute atomic E-state index is 14.5. The fourth-order valence-electron chi connectivity index (χ4n) is 9.28.